The molecule has 1 saturated carbocycles. The first kappa shape index (κ1) is 21.2. The lowest BCUT2D eigenvalue weighted by Crippen LogP contribution is -2.27. The second-order valence-electron chi connectivity index (χ2n) is 8.41. The van der Waals surface area contributed by atoms with E-state index in [0.717, 1.165) is 49.3 Å². The molecule has 0 bridgehead atoms. The molecule has 1 atom stereocenters. The minimum absolute atomic E-state index is 0.195. The van der Waals surface area contributed by atoms with Gasteiger partial charge in [-0.2, -0.15) is 5.10 Å². The Morgan fingerprint density at radius 3 is 2.62 bits per heavy atom. The molecule has 3 aromatic rings. The number of hydrogen-bond donors (Lipinski definition) is 0. The van der Waals surface area contributed by atoms with Crippen LogP contribution in [-0.4, -0.2) is 40.0 Å². The van der Waals surface area contributed by atoms with E-state index in [1.165, 1.54) is 6.07 Å². The van der Waals surface area contributed by atoms with Crippen molar-refractivity contribution in [3.8, 4) is 22.9 Å². The molecule has 6 nitrogen and oxygen atoms in total. The molecule has 0 radical (unpaired) electrons. The second-order valence-corrected chi connectivity index (χ2v) is 8.77. The molecule has 2 aliphatic rings. The number of aromatic nitrogens is 3. The van der Waals surface area contributed by atoms with Crippen LogP contribution < -0.4 is 9.47 Å². The third-order valence-corrected chi connectivity index (χ3v) is 6.78. The van der Waals surface area contributed by atoms with Crippen molar-refractivity contribution in [2.75, 3.05) is 20.8 Å². The zero-order valence-electron chi connectivity index (χ0n) is 18.3. The maximum atomic E-state index is 14.6. The molecule has 2 aromatic carbocycles. The Hall–Kier alpha value is -2.71. The minimum atomic E-state index is -0.274. The molecule has 8 heteroatoms. The van der Waals surface area contributed by atoms with Gasteiger partial charge >= 0.3 is 0 Å². The molecular formula is C24H27FN4O2S. The predicted octanol–water partition coefficient (Wildman–Crippen LogP) is 5.37. The first-order chi connectivity index (χ1) is 15.6. The quantitative estimate of drug-likeness (QED) is 0.449. The second kappa shape index (κ2) is 8.67. The number of benzene rings is 2. The summed E-state index contributed by atoms with van der Waals surface area (Å²) in [5, 5.41) is 4.81. The van der Waals surface area contributed by atoms with Gasteiger partial charge in [-0.25, -0.2) is 9.07 Å². The number of rotatable bonds is 7. The Labute approximate surface area is 192 Å². The van der Waals surface area contributed by atoms with Crippen LogP contribution in [0, 0.1) is 10.6 Å². The normalized spacial score (nSPS) is 18.8. The van der Waals surface area contributed by atoms with Gasteiger partial charge in [0.2, 0.25) is 0 Å². The average Bonchev–Trinajstić information content (AvgIpc) is 3.46. The van der Waals surface area contributed by atoms with Crippen molar-refractivity contribution < 1.29 is 13.9 Å². The van der Waals surface area contributed by atoms with Crippen molar-refractivity contribution in [3.63, 3.8) is 0 Å². The Morgan fingerprint density at radius 1 is 1.09 bits per heavy atom. The van der Waals surface area contributed by atoms with Gasteiger partial charge in [0.05, 0.1) is 26.5 Å². The van der Waals surface area contributed by atoms with Gasteiger partial charge in [0.25, 0.3) is 0 Å². The molecule has 5 rings (SSSR count). The van der Waals surface area contributed by atoms with Gasteiger partial charge in [-0.15, -0.1) is 0 Å². The highest BCUT2D eigenvalue weighted by Crippen LogP contribution is 2.41. The fourth-order valence-electron chi connectivity index (χ4n) is 4.61. The van der Waals surface area contributed by atoms with Crippen LogP contribution >= 0.6 is 12.2 Å². The van der Waals surface area contributed by atoms with E-state index in [1.54, 1.807) is 26.4 Å². The molecule has 1 aliphatic heterocycles. The third-order valence-electron chi connectivity index (χ3n) is 6.38. The lowest BCUT2D eigenvalue weighted by Gasteiger charge is -2.26. The standard InChI is InChI=1S/C24H27FN4O2S/c1-30-17-11-12-19(22(14-17)31-2)21-8-5-13-27(21)15-28-24(32)29(16-9-10-16)23(26-28)18-6-3-4-7-20(18)25/h3-4,6-7,11-12,14,16,21H,5,8-10,13,15H2,1-2H3/t21-/m1/s1. The molecule has 32 heavy (non-hydrogen) atoms. The molecule has 0 amide bonds. The Kier molecular flexibility index (Phi) is 5.73. The Bertz CT molecular complexity index is 1190. The van der Waals surface area contributed by atoms with Gasteiger partial charge in [-0.05, 0) is 56.1 Å². The van der Waals surface area contributed by atoms with E-state index < -0.39 is 0 Å². The molecule has 1 aliphatic carbocycles. The van der Waals surface area contributed by atoms with E-state index in [4.69, 9.17) is 26.8 Å². The molecule has 1 aromatic heterocycles. The van der Waals surface area contributed by atoms with Gasteiger partial charge in [0.15, 0.2) is 10.6 Å². The summed E-state index contributed by atoms with van der Waals surface area (Å²) in [6.07, 6.45) is 4.21. The van der Waals surface area contributed by atoms with Gasteiger partial charge < -0.3 is 9.47 Å². The van der Waals surface area contributed by atoms with Crippen molar-refractivity contribution in [2.45, 2.75) is 44.4 Å². The molecular weight excluding hydrogens is 427 g/mol. The van der Waals surface area contributed by atoms with Crippen LogP contribution in [0.25, 0.3) is 11.4 Å². The van der Waals surface area contributed by atoms with Crippen LogP contribution in [0.1, 0.15) is 43.3 Å². The van der Waals surface area contributed by atoms with E-state index in [0.29, 0.717) is 28.9 Å². The van der Waals surface area contributed by atoms with Crippen LogP contribution in [0.5, 0.6) is 11.5 Å². The van der Waals surface area contributed by atoms with E-state index in [-0.39, 0.29) is 11.9 Å². The van der Waals surface area contributed by atoms with Crippen molar-refractivity contribution in [1.29, 1.82) is 0 Å². The summed E-state index contributed by atoms with van der Waals surface area (Å²) in [6.45, 7) is 1.49. The fourth-order valence-corrected chi connectivity index (χ4v) is 4.95. The number of nitrogens with zero attached hydrogens (tertiary/aromatic N) is 4. The van der Waals surface area contributed by atoms with Crippen molar-refractivity contribution in [2.24, 2.45) is 0 Å². The maximum absolute atomic E-state index is 14.6. The first-order valence-electron chi connectivity index (χ1n) is 11.0. The van der Waals surface area contributed by atoms with E-state index in [1.807, 2.05) is 27.4 Å². The number of methoxy groups -OCH3 is 2. The van der Waals surface area contributed by atoms with Crippen LogP contribution in [0.15, 0.2) is 42.5 Å². The van der Waals surface area contributed by atoms with Crippen LogP contribution in [-0.2, 0) is 6.67 Å². The zero-order valence-corrected chi connectivity index (χ0v) is 19.1. The van der Waals surface area contributed by atoms with Crippen LogP contribution in [0.2, 0.25) is 0 Å². The summed E-state index contributed by atoms with van der Waals surface area (Å²) in [4.78, 5) is 2.37. The van der Waals surface area contributed by atoms with Crippen molar-refractivity contribution in [3.05, 3.63) is 58.6 Å². The highest BCUT2D eigenvalue weighted by Gasteiger charge is 2.32. The van der Waals surface area contributed by atoms with Crippen LogP contribution in [0.4, 0.5) is 4.39 Å². The van der Waals surface area contributed by atoms with Gasteiger partial charge in [-0.3, -0.25) is 9.47 Å². The summed E-state index contributed by atoms with van der Waals surface area (Å²) in [5.74, 6) is 1.94. The predicted molar refractivity (Wildman–Crippen MR) is 123 cm³/mol. The summed E-state index contributed by atoms with van der Waals surface area (Å²) in [6, 6.07) is 13.3. The lowest BCUT2D eigenvalue weighted by atomic mass is 10.0. The van der Waals surface area contributed by atoms with Crippen molar-refractivity contribution >= 4 is 12.2 Å². The average molecular weight is 455 g/mol. The highest BCUT2D eigenvalue weighted by molar-refractivity contribution is 7.71. The Morgan fingerprint density at radius 2 is 1.91 bits per heavy atom. The number of ether oxygens (including phenoxy) is 2. The van der Waals surface area contributed by atoms with Crippen LogP contribution in [0.3, 0.4) is 0 Å². The Balaban J connectivity index is 1.48. The van der Waals surface area contributed by atoms with Gasteiger partial charge in [0.1, 0.15) is 17.3 Å². The third kappa shape index (κ3) is 3.82. The fraction of sp³-hybridized carbons (Fsp3) is 0.417. The number of halogens is 1. The van der Waals surface area contributed by atoms with E-state index in [2.05, 4.69) is 11.0 Å². The molecule has 0 unspecified atom stereocenters. The van der Waals surface area contributed by atoms with Crippen molar-refractivity contribution in [1.82, 2.24) is 19.2 Å². The monoisotopic (exact) mass is 454 g/mol. The number of hydrogen-bond acceptors (Lipinski definition) is 5. The summed E-state index contributed by atoms with van der Waals surface area (Å²) >= 11 is 5.82. The van der Waals surface area contributed by atoms with Gasteiger partial charge in [0, 0.05) is 30.3 Å². The minimum Gasteiger partial charge on any atom is -0.497 e. The topological polar surface area (TPSA) is 44.5 Å². The summed E-state index contributed by atoms with van der Waals surface area (Å²) in [7, 11) is 3.34. The lowest BCUT2D eigenvalue weighted by molar-refractivity contribution is 0.186. The number of likely N-dealkylation sites (tertiary alicyclic amines) is 1. The zero-order chi connectivity index (χ0) is 22.2. The summed E-state index contributed by atoms with van der Waals surface area (Å²) < 4.78 is 30.1. The highest BCUT2D eigenvalue weighted by atomic mass is 32.1. The van der Waals surface area contributed by atoms with E-state index >= 15 is 0 Å². The molecule has 2 heterocycles. The van der Waals surface area contributed by atoms with E-state index in [9.17, 15) is 4.39 Å². The smallest absolute Gasteiger partial charge is 0.199 e. The molecule has 2 fully saturated rings. The maximum Gasteiger partial charge on any atom is 0.199 e. The molecule has 1 saturated heterocycles. The summed E-state index contributed by atoms with van der Waals surface area (Å²) in [5.41, 5.74) is 1.63. The van der Waals surface area contributed by atoms with Gasteiger partial charge in [-0.1, -0.05) is 18.2 Å². The largest absolute Gasteiger partial charge is 0.497 e. The first-order valence-corrected chi connectivity index (χ1v) is 11.4. The molecule has 0 spiro atoms. The molecule has 168 valence electrons. The SMILES string of the molecule is COc1ccc([C@H]2CCCN2Cn2nc(-c3ccccc3F)n(C3CC3)c2=S)c(OC)c1. The molecule has 0 N–H and O–H groups in total.